The van der Waals surface area contributed by atoms with Gasteiger partial charge in [-0.2, -0.15) is 0 Å². The minimum atomic E-state index is 0.541. The van der Waals surface area contributed by atoms with Crippen LogP contribution in [-0.4, -0.2) is 36.6 Å². The molecule has 0 atom stereocenters. The molecule has 0 aromatic rings. The Morgan fingerprint density at radius 3 is 2.00 bits per heavy atom. The summed E-state index contributed by atoms with van der Waals surface area (Å²) in [6, 6.07) is 0. The summed E-state index contributed by atoms with van der Waals surface area (Å²) in [7, 11) is 0. The van der Waals surface area contributed by atoms with Crippen LogP contribution in [0.3, 0.4) is 0 Å². The van der Waals surface area contributed by atoms with Crippen molar-refractivity contribution in [3.63, 3.8) is 0 Å². The third-order valence-electron chi connectivity index (χ3n) is 1.75. The summed E-state index contributed by atoms with van der Waals surface area (Å²) in [6.45, 7) is 9.20. The average molecular weight is 189 g/mol. The molecule has 0 aliphatic carbocycles. The summed E-state index contributed by atoms with van der Waals surface area (Å²) in [4.78, 5) is 10.7. The van der Waals surface area contributed by atoms with Gasteiger partial charge in [-0.1, -0.05) is 6.92 Å². The molecule has 1 rings (SSSR count). The van der Waals surface area contributed by atoms with Gasteiger partial charge in [0.05, 0.1) is 13.2 Å². The van der Waals surface area contributed by atoms with Gasteiger partial charge in [-0.15, -0.1) is 15.9 Å². The highest BCUT2D eigenvalue weighted by atomic mass is 16.8. The number of hydrogen-bond donors (Lipinski definition) is 1. The Kier molecular flexibility index (Phi) is 4.61. The van der Waals surface area contributed by atoms with E-state index in [1.807, 2.05) is 13.8 Å². The second kappa shape index (κ2) is 5.51. The van der Waals surface area contributed by atoms with Crippen LogP contribution >= 0.6 is 0 Å². The summed E-state index contributed by atoms with van der Waals surface area (Å²) in [5, 5.41) is 3.42. The van der Waals surface area contributed by atoms with Crippen LogP contribution < -0.4 is 5.53 Å². The molecule has 0 unspecified atom stereocenters. The Labute approximate surface area is 79.4 Å². The van der Waals surface area contributed by atoms with E-state index in [0.29, 0.717) is 19.1 Å². The van der Waals surface area contributed by atoms with E-state index in [4.69, 9.17) is 9.68 Å². The molecule has 1 aliphatic heterocycles. The predicted octanol–water partition coefficient (Wildman–Crippen LogP) is 0.563. The second-order valence-electron chi connectivity index (χ2n) is 3.16. The van der Waals surface area contributed by atoms with Gasteiger partial charge in [0.25, 0.3) is 0 Å². The zero-order chi connectivity index (χ0) is 9.68. The van der Waals surface area contributed by atoms with Crippen molar-refractivity contribution in [2.24, 2.45) is 5.92 Å². The Morgan fingerprint density at radius 1 is 1.15 bits per heavy atom. The molecular weight excluding hydrogens is 170 g/mol. The van der Waals surface area contributed by atoms with Crippen LogP contribution in [0, 0.1) is 5.92 Å². The first-order valence-corrected chi connectivity index (χ1v) is 4.83. The fraction of sp³-hybridized carbons (Fsp3) is 1.00. The van der Waals surface area contributed by atoms with Gasteiger partial charge in [-0.3, -0.25) is 9.68 Å². The van der Waals surface area contributed by atoms with Gasteiger partial charge in [0.2, 0.25) is 0 Å². The van der Waals surface area contributed by atoms with Crippen molar-refractivity contribution in [2.45, 2.75) is 20.8 Å². The molecule has 0 aromatic carbocycles. The summed E-state index contributed by atoms with van der Waals surface area (Å²) in [5.74, 6) is 0.541. The normalized spacial score (nSPS) is 22.4. The van der Waals surface area contributed by atoms with Gasteiger partial charge in [-0.05, 0) is 19.8 Å². The molecule has 1 heterocycles. The van der Waals surface area contributed by atoms with Crippen LogP contribution in [0.2, 0.25) is 0 Å². The van der Waals surface area contributed by atoms with Crippen LogP contribution in [0.25, 0.3) is 0 Å². The lowest BCUT2D eigenvalue weighted by Crippen LogP contribution is -2.57. The first kappa shape index (κ1) is 10.9. The zero-order valence-electron chi connectivity index (χ0n) is 8.62. The predicted molar refractivity (Wildman–Crippen MR) is 49.0 cm³/mol. The maximum absolute atomic E-state index is 5.33. The van der Waals surface area contributed by atoms with Gasteiger partial charge < -0.3 is 0 Å². The van der Waals surface area contributed by atoms with Crippen molar-refractivity contribution >= 4 is 0 Å². The van der Waals surface area contributed by atoms with Crippen molar-refractivity contribution < 1.29 is 9.68 Å². The molecule has 5 nitrogen and oxygen atoms in total. The smallest absolute Gasteiger partial charge is 0.0674 e. The highest BCUT2D eigenvalue weighted by Gasteiger charge is 2.22. The molecule has 0 bridgehead atoms. The number of nitrogens with one attached hydrogen (secondary N) is 1. The number of hydrogen-bond acceptors (Lipinski definition) is 5. The highest BCUT2D eigenvalue weighted by Crippen LogP contribution is 2.07. The molecule has 1 saturated heterocycles. The topological polar surface area (TPSA) is 37.0 Å². The summed E-state index contributed by atoms with van der Waals surface area (Å²) < 4.78 is 0. The van der Waals surface area contributed by atoms with Gasteiger partial charge in [0.15, 0.2) is 0 Å². The Bertz CT molecular complexity index is 131. The van der Waals surface area contributed by atoms with Crippen LogP contribution in [0.1, 0.15) is 20.8 Å². The average Bonchev–Trinajstić information content (AvgIpc) is 2.04. The molecule has 0 saturated carbocycles. The first-order valence-electron chi connectivity index (χ1n) is 4.83. The first-order chi connectivity index (χ1) is 6.26. The molecular formula is C8H19N3O2. The van der Waals surface area contributed by atoms with Crippen molar-refractivity contribution in [1.82, 2.24) is 15.9 Å². The lowest BCUT2D eigenvalue weighted by Gasteiger charge is -2.37. The molecule has 0 aromatic heterocycles. The molecule has 0 spiro atoms. The van der Waals surface area contributed by atoms with E-state index >= 15 is 0 Å². The molecule has 1 fully saturated rings. The molecule has 5 heteroatoms. The maximum Gasteiger partial charge on any atom is 0.0674 e. The molecule has 1 aliphatic rings. The number of nitrogens with zero attached hydrogens (tertiary/aromatic N) is 2. The molecule has 78 valence electrons. The molecule has 1 N–H and O–H groups in total. The van der Waals surface area contributed by atoms with Gasteiger partial charge in [-0.25, -0.2) is 0 Å². The molecule has 0 radical (unpaired) electrons. The van der Waals surface area contributed by atoms with Crippen molar-refractivity contribution in [2.75, 3.05) is 26.3 Å². The van der Waals surface area contributed by atoms with Crippen molar-refractivity contribution in [3.8, 4) is 0 Å². The second-order valence-corrected chi connectivity index (χ2v) is 3.16. The monoisotopic (exact) mass is 189 g/mol. The summed E-state index contributed by atoms with van der Waals surface area (Å²) in [6.07, 6.45) is 0. The lowest BCUT2D eigenvalue weighted by molar-refractivity contribution is -0.339. The number of rotatable bonds is 4. The van der Waals surface area contributed by atoms with E-state index in [-0.39, 0.29) is 0 Å². The molecule has 0 amide bonds. The summed E-state index contributed by atoms with van der Waals surface area (Å²) >= 11 is 0. The van der Waals surface area contributed by atoms with Crippen LogP contribution in [-0.2, 0) is 9.68 Å². The standard InChI is InChI=1S/C8H19N3O2/c1-4-12-10-6-8(3)7-11(9-10)13-5-2/h8-9H,4-7H2,1-3H3. The minimum Gasteiger partial charge on any atom is -0.283 e. The van der Waals surface area contributed by atoms with Crippen LogP contribution in [0.4, 0.5) is 0 Å². The Morgan fingerprint density at radius 2 is 1.62 bits per heavy atom. The van der Waals surface area contributed by atoms with Crippen LogP contribution in [0.15, 0.2) is 0 Å². The zero-order valence-corrected chi connectivity index (χ0v) is 8.62. The van der Waals surface area contributed by atoms with Gasteiger partial charge >= 0.3 is 0 Å². The maximum atomic E-state index is 5.33. The van der Waals surface area contributed by atoms with E-state index in [9.17, 15) is 0 Å². The highest BCUT2D eigenvalue weighted by molar-refractivity contribution is 4.59. The van der Waals surface area contributed by atoms with Crippen molar-refractivity contribution in [1.29, 1.82) is 0 Å². The lowest BCUT2D eigenvalue weighted by atomic mass is 10.2. The van der Waals surface area contributed by atoms with Crippen LogP contribution in [0.5, 0.6) is 0 Å². The quantitative estimate of drug-likeness (QED) is 0.699. The van der Waals surface area contributed by atoms with Gasteiger partial charge in [0.1, 0.15) is 0 Å². The molecule has 13 heavy (non-hydrogen) atoms. The van der Waals surface area contributed by atoms with E-state index in [1.54, 1.807) is 10.3 Å². The third kappa shape index (κ3) is 3.58. The third-order valence-corrected chi connectivity index (χ3v) is 1.75. The fourth-order valence-electron chi connectivity index (χ4n) is 1.30. The Balaban J connectivity index is 2.33. The van der Waals surface area contributed by atoms with E-state index in [2.05, 4.69) is 12.5 Å². The summed E-state index contributed by atoms with van der Waals surface area (Å²) in [5.41, 5.74) is 3.01. The van der Waals surface area contributed by atoms with E-state index < -0.39 is 0 Å². The fourth-order valence-corrected chi connectivity index (χ4v) is 1.30. The number of hydroxylamine groups is 2. The largest absolute Gasteiger partial charge is 0.283 e. The van der Waals surface area contributed by atoms with Gasteiger partial charge in [0, 0.05) is 13.1 Å². The van der Waals surface area contributed by atoms with Crippen molar-refractivity contribution in [3.05, 3.63) is 0 Å². The minimum absolute atomic E-state index is 0.541. The SMILES string of the molecule is CCON1CC(C)CN(OCC)N1. The van der Waals surface area contributed by atoms with E-state index in [1.165, 1.54) is 0 Å². The number of hydrazine groups is 2. The Hall–Kier alpha value is -0.200. The van der Waals surface area contributed by atoms with E-state index in [0.717, 1.165) is 13.1 Å².